The van der Waals surface area contributed by atoms with E-state index in [-0.39, 0.29) is 29.6 Å². The normalized spacial score (nSPS) is 32.3. The SMILES string of the molecule is CN(C(=O)CCC/C=C1\C[C@H]2C[C@@H](O)[C@H](/C=C/[C@@H](O)C3CCCC3)[C@H]2C1)C(C)(C)C. The van der Waals surface area contributed by atoms with Gasteiger partial charge in [-0.25, -0.2) is 0 Å². The van der Waals surface area contributed by atoms with Crippen LogP contribution >= 0.6 is 0 Å². The maximum Gasteiger partial charge on any atom is 0.222 e. The average molecular weight is 418 g/mol. The van der Waals surface area contributed by atoms with Gasteiger partial charge < -0.3 is 15.1 Å². The molecule has 3 saturated carbocycles. The highest BCUT2D eigenvalue weighted by atomic mass is 16.3. The monoisotopic (exact) mass is 417 g/mol. The zero-order valence-corrected chi connectivity index (χ0v) is 19.5. The minimum Gasteiger partial charge on any atom is -0.392 e. The molecule has 3 aliphatic rings. The Bertz CT molecular complexity index is 641. The second-order valence-electron chi connectivity index (χ2n) is 11.0. The van der Waals surface area contributed by atoms with Crippen molar-refractivity contribution in [2.75, 3.05) is 7.05 Å². The van der Waals surface area contributed by atoms with Crippen LogP contribution in [-0.4, -0.2) is 45.8 Å². The first-order chi connectivity index (χ1) is 14.2. The topological polar surface area (TPSA) is 60.8 Å². The van der Waals surface area contributed by atoms with Crippen molar-refractivity contribution >= 4 is 5.91 Å². The molecule has 0 spiro atoms. The predicted molar refractivity (Wildman–Crippen MR) is 122 cm³/mol. The minimum absolute atomic E-state index is 0.118. The molecular weight excluding hydrogens is 374 g/mol. The summed E-state index contributed by atoms with van der Waals surface area (Å²) in [6.45, 7) is 6.20. The Kier molecular flexibility index (Phi) is 7.84. The van der Waals surface area contributed by atoms with Crippen molar-refractivity contribution in [1.29, 1.82) is 0 Å². The van der Waals surface area contributed by atoms with Gasteiger partial charge >= 0.3 is 0 Å². The predicted octanol–water partition coefficient (Wildman–Crippen LogP) is 4.85. The van der Waals surface area contributed by atoms with Crippen LogP contribution in [0, 0.1) is 23.7 Å². The van der Waals surface area contributed by atoms with Gasteiger partial charge in [0.1, 0.15) is 0 Å². The number of carbonyl (C=O) groups is 1. The lowest BCUT2D eigenvalue weighted by atomic mass is 9.89. The molecule has 0 bridgehead atoms. The van der Waals surface area contributed by atoms with Crippen molar-refractivity contribution in [2.45, 2.75) is 103 Å². The fourth-order valence-corrected chi connectivity index (χ4v) is 5.74. The summed E-state index contributed by atoms with van der Waals surface area (Å²) in [7, 11) is 1.89. The molecule has 0 heterocycles. The summed E-state index contributed by atoms with van der Waals surface area (Å²) < 4.78 is 0. The molecule has 4 nitrogen and oxygen atoms in total. The van der Waals surface area contributed by atoms with E-state index in [0.29, 0.717) is 24.2 Å². The van der Waals surface area contributed by atoms with Crippen molar-refractivity contribution in [1.82, 2.24) is 4.90 Å². The van der Waals surface area contributed by atoms with Gasteiger partial charge in [-0.2, -0.15) is 0 Å². The first-order valence-electron chi connectivity index (χ1n) is 12.2. The van der Waals surface area contributed by atoms with Gasteiger partial charge in [-0.05, 0) is 83.5 Å². The quantitative estimate of drug-likeness (QED) is 0.460. The lowest BCUT2D eigenvalue weighted by molar-refractivity contribution is -0.134. The van der Waals surface area contributed by atoms with Crippen LogP contribution in [0.15, 0.2) is 23.8 Å². The smallest absolute Gasteiger partial charge is 0.222 e. The molecule has 0 saturated heterocycles. The lowest BCUT2D eigenvalue weighted by Crippen LogP contribution is -2.42. The standard InChI is InChI=1S/C26H43NO3/c1-26(2,3)27(4)25(30)12-8-5-9-18-15-20-17-24(29)21(22(20)16-18)13-14-23(28)19-10-6-7-11-19/h9,13-14,19-24,28-29H,5-8,10-12,15-17H2,1-4H3/b14-13+,18-9+/t20-,21+,22-,23+,24+/m0/s1. The molecule has 0 aromatic rings. The average Bonchev–Trinajstić information content (AvgIpc) is 3.39. The Morgan fingerprint density at radius 1 is 1.23 bits per heavy atom. The van der Waals surface area contributed by atoms with Crippen LogP contribution < -0.4 is 0 Å². The van der Waals surface area contributed by atoms with Gasteiger partial charge in [-0.1, -0.05) is 36.6 Å². The van der Waals surface area contributed by atoms with Gasteiger partial charge in [0.25, 0.3) is 0 Å². The van der Waals surface area contributed by atoms with Crippen LogP contribution in [-0.2, 0) is 4.79 Å². The maximum atomic E-state index is 12.3. The van der Waals surface area contributed by atoms with Crippen LogP contribution in [0.2, 0.25) is 0 Å². The van der Waals surface area contributed by atoms with Crippen molar-refractivity contribution in [3.05, 3.63) is 23.8 Å². The van der Waals surface area contributed by atoms with Gasteiger partial charge in [0.2, 0.25) is 5.91 Å². The number of carbonyl (C=O) groups excluding carboxylic acids is 1. The molecular formula is C26H43NO3. The Hall–Kier alpha value is -1.13. The molecule has 0 aliphatic heterocycles. The molecule has 2 N–H and O–H groups in total. The molecule has 3 aliphatic carbocycles. The van der Waals surface area contributed by atoms with Crippen LogP contribution in [0.25, 0.3) is 0 Å². The number of aliphatic hydroxyl groups is 2. The third-order valence-corrected chi connectivity index (χ3v) is 7.93. The number of allylic oxidation sites excluding steroid dienone is 2. The summed E-state index contributed by atoms with van der Waals surface area (Å²) >= 11 is 0. The molecule has 5 atom stereocenters. The van der Waals surface area contributed by atoms with Gasteiger partial charge in [0.15, 0.2) is 0 Å². The molecule has 3 rings (SSSR count). The van der Waals surface area contributed by atoms with E-state index in [0.717, 1.165) is 44.9 Å². The lowest BCUT2D eigenvalue weighted by Gasteiger charge is -2.32. The van der Waals surface area contributed by atoms with Crippen molar-refractivity contribution in [3.63, 3.8) is 0 Å². The van der Waals surface area contributed by atoms with E-state index in [4.69, 9.17) is 0 Å². The maximum absolute atomic E-state index is 12.3. The van der Waals surface area contributed by atoms with E-state index in [1.54, 1.807) is 0 Å². The van der Waals surface area contributed by atoms with Crippen molar-refractivity contribution in [2.24, 2.45) is 23.7 Å². The van der Waals surface area contributed by atoms with Crippen LogP contribution in [0.5, 0.6) is 0 Å². The first-order valence-corrected chi connectivity index (χ1v) is 12.2. The van der Waals surface area contributed by atoms with E-state index in [9.17, 15) is 15.0 Å². The summed E-state index contributed by atoms with van der Waals surface area (Å²) in [5.74, 6) is 1.89. The van der Waals surface area contributed by atoms with Crippen LogP contribution in [0.3, 0.4) is 0 Å². The Morgan fingerprint density at radius 3 is 2.60 bits per heavy atom. The molecule has 0 aromatic heterocycles. The summed E-state index contributed by atoms with van der Waals surface area (Å²) in [5.41, 5.74) is 1.39. The molecule has 0 unspecified atom stereocenters. The van der Waals surface area contributed by atoms with Crippen molar-refractivity contribution in [3.8, 4) is 0 Å². The van der Waals surface area contributed by atoms with E-state index in [1.165, 1.54) is 18.4 Å². The Labute approximate surface area is 183 Å². The second kappa shape index (κ2) is 9.99. The zero-order valence-electron chi connectivity index (χ0n) is 19.5. The molecule has 0 aromatic carbocycles. The molecule has 170 valence electrons. The number of nitrogens with zero attached hydrogens (tertiary/aromatic N) is 1. The number of hydrogen-bond acceptors (Lipinski definition) is 3. The third kappa shape index (κ3) is 5.76. The highest BCUT2D eigenvalue weighted by molar-refractivity contribution is 5.76. The fraction of sp³-hybridized carbons (Fsp3) is 0.808. The second-order valence-corrected chi connectivity index (χ2v) is 11.0. The van der Waals surface area contributed by atoms with Gasteiger partial charge in [-0.15, -0.1) is 0 Å². The number of unbranched alkanes of at least 4 members (excludes halogenated alkanes) is 1. The number of fused-ring (bicyclic) bond motifs is 1. The Morgan fingerprint density at radius 2 is 1.93 bits per heavy atom. The van der Waals surface area contributed by atoms with E-state index in [1.807, 2.05) is 18.0 Å². The fourth-order valence-electron chi connectivity index (χ4n) is 5.74. The minimum atomic E-state index is -0.348. The highest BCUT2D eigenvalue weighted by Crippen LogP contribution is 2.50. The van der Waals surface area contributed by atoms with Crippen molar-refractivity contribution < 1.29 is 15.0 Å². The summed E-state index contributed by atoms with van der Waals surface area (Å²) in [4.78, 5) is 14.1. The molecule has 30 heavy (non-hydrogen) atoms. The number of rotatable bonds is 7. The molecule has 3 fully saturated rings. The summed E-state index contributed by atoms with van der Waals surface area (Å²) in [6, 6.07) is 0. The highest BCUT2D eigenvalue weighted by Gasteiger charge is 2.45. The summed E-state index contributed by atoms with van der Waals surface area (Å²) in [6.07, 6.45) is 16.1. The summed E-state index contributed by atoms with van der Waals surface area (Å²) in [5, 5.41) is 21.0. The largest absolute Gasteiger partial charge is 0.392 e. The molecule has 4 heteroatoms. The third-order valence-electron chi connectivity index (χ3n) is 7.93. The van der Waals surface area contributed by atoms with E-state index < -0.39 is 0 Å². The molecule has 0 radical (unpaired) electrons. The van der Waals surface area contributed by atoms with Gasteiger partial charge in [0, 0.05) is 24.9 Å². The number of amides is 1. The first kappa shape index (κ1) is 23.5. The number of hydrogen-bond donors (Lipinski definition) is 2. The van der Waals surface area contributed by atoms with Gasteiger partial charge in [-0.3, -0.25) is 4.79 Å². The zero-order chi connectivity index (χ0) is 21.9. The van der Waals surface area contributed by atoms with E-state index >= 15 is 0 Å². The Balaban J connectivity index is 1.47. The van der Waals surface area contributed by atoms with Gasteiger partial charge in [0.05, 0.1) is 12.2 Å². The van der Waals surface area contributed by atoms with Crippen LogP contribution in [0.4, 0.5) is 0 Å². The number of aliphatic hydroxyl groups excluding tert-OH is 2. The van der Waals surface area contributed by atoms with Crippen LogP contribution in [0.1, 0.15) is 85.0 Å². The van der Waals surface area contributed by atoms with E-state index in [2.05, 4.69) is 32.9 Å². The molecule has 1 amide bonds.